The Bertz CT molecular complexity index is 1020. The second-order valence-corrected chi connectivity index (χ2v) is 9.80. The minimum absolute atomic E-state index is 0.100. The van der Waals surface area contributed by atoms with Crippen LogP contribution in [-0.2, 0) is 14.9 Å². The largest absolute Gasteiger partial charge is 0.465 e. The molecule has 1 aliphatic carbocycles. The smallest absolute Gasteiger partial charge is 0.305 e. The number of rotatable bonds is 11. The molecule has 0 heterocycles. The van der Waals surface area contributed by atoms with Gasteiger partial charge in [0.25, 0.3) is 0 Å². The van der Waals surface area contributed by atoms with E-state index in [1.54, 1.807) is 30.3 Å². The molecule has 0 aromatic heterocycles. The fraction of sp³-hybridized carbons (Fsp3) is 0.483. The molecule has 0 fully saturated rings. The van der Waals surface area contributed by atoms with Gasteiger partial charge in [-0.25, -0.2) is 0 Å². The van der Waals surface area contributed by atoms with Crippen LogP contribution in [0.4, 0.5) is 0 Å². The minimum Gasteiger partial charge on any atom is -0.465 e. The Balaban J connectivity index is 1.60. The van der Waals surface area contributed by atoms with Crippen LogP contribution in [0.25, 0.3) is 0 Å². The van der Waals surface area contributed by atoms with Crippen molar-refractivity contribution in [3.05, 3.63) is 70.3 Å². The molecule has 2 aromatic rings. The molecule has 0 N–H and O–H groups in total. The predicted molar refractivity (Wildman–Crippen MR) is 131 cm³/mol. The summed E-state index contributed by atoms with van der Waals surface area (Å²) in [7, 11) is 0. The molecule has 0 saturated carbocycles. The molecule has 0 saturated heterocycles. The zero-order valence-electron chi connectivity index (χ0n) is 20.4. The third kappa shape index (κ3) is 5.79. The molecule has 33 heavy (non-hydrogen) atoms. The molecular weight excluding hydrogens is 412 g/mol. The van der Waals surface area contributed by atoms with E-state index in [1.165, 1.54) is 6.42 Å². The van der Waals surface area contributed by atoms with E-state index in [0.29, 0.717) is 47.6 Å². The lowest BCUT2D eigenvalue weighted by molar-refractivity contribution is -0.145. The SMILES string of the molecule is CCCCC(CC)COC(=O)CCCC(C)(C)c1ccc2c(c1)C(=O)c1ccccc1C2=O. The maximum Gasteiger partial charge on any atom is 0.305 e. The Morgan fingerprint density at radius 2 is 1.55 bits per heavy atom. The second kappa shape index (κ2) is 10.9. The summed E-state index contributed by atoms with van der Waals surface area (Å²) in [6, 6.07) is 12.6. The lowest BCUT2D eigenvalue weighted by atomic mass is 9.76. The number of hydrogen-bond donors (Lipinski definition) is 0. The van der Waals surface area contributed by atoms with E-state index in [9.17, 15) is 14.4 Å². The lowest BCUT2D eigenvalue weighted by Crippen LogP contribution is -2.24. The standard InChI is InChI=1S/C29H36O4/c1-5-7-11-20(6-2)19-33-26(30)14-10-17-29(3,4)21-15-16-24-25(18-21)28(32)23-13-9-8-12-22(23)27(24)31/h8-9,12-13,15-16,18,20H,5-7,10-11,14,17,19H2,1-4H3. The van der Waals surface area contributed by atoms with Gasteiger partial charge < -0.3 is 4.74 Å². The number of ether oxygens (including phenoxy) is 1. The van der Waals surface area contributed by atoms with Crippen LogP contribution in [0.5, 0.6) is 0 Å². The number of hydrogen-bond acceptors (Lipinski definition) is 4. The van der Waals surface area contributed by atoms with Gasteiger partial charge >= 0.3 is 5.97 Å². The van der Waals surface area contributed by atoms with Crippen LogP contribution in [0.1, 0.15) is 110 Å². The van der Waals surface area contributed by atoms with Crippen molar-refractivity contribution < 1.29 is 19.1 Å². The van der Waals surface area contributed by atoms with Gasteiger partial charge in [0, 0.05) is 28.7 Å². The van der Waals surface area contributed by atoms with Crippen LogP contribution in [0.3, 0.4) is 0 Å². The number of fused-ring (bicyclic) bond motifs is 2. The van der Waals surface area contributed by atoms with Crippen molar-refractivity contribution in [3.8, 4) is 0 Å². The van der Waals surface area contributed by atoms with Gasteiger partial charge in [0.05, 0.1) is 6.61 Å². The van der Waals surface area contributed by atoms with Crippen LogP contribution >= 0.6 is 0 Å². The molecule has 0 bridgehead atoms. The summed E-state index contributed by atoms with van der Waals surface area (Å²) in [5.41, 5.74) is 2.65. The average Bonchev–Trinajstić information content (AvgIpc) is 2.82. The summed E-state index contributed by atoms with van der Waals surface area (Å²) in [4.78, 5) is 38.1. The molecule has 3 rings (SSSR count). The Labute approximate surface area is 197 Å². The summed E-state index contributed by atoms with van der Waals surface area (Å²) in [5, 5.41) is 0. The van der Waals surface area contributed by atoms with Gasteiger partial charge in [-0.2, -0.15) is 0 Å². The highest BCUT2D eigenvalue weighted by Crippen LogP contribution is 2.34. The van der Waals surface area contributed by atoms with Gasteiger partial charge in [-0.3, -0.25) is 14.4 Å². The van der Waals surface area contributed by atoms with E-state index < -0.39 is 0 Å². The fourth-order valence-corrected chi connectivity index (χ4v) is 4.52. The zero-order chi connectivity index (χ0) is 24.0. The fourth-order valence-electron chi connectivity index (χ4n) is 4.52. The third-order valence-electron chi connectivity index (χ3n) is 6.91. The Hall–Kier alpha value is -2.75. The lowest BCUT2D eigenvalue weighted by Gasteiger charge is -2.27. The Morgan fingerprint density at radius 3 is 2.18 bits per heavy atom. The van der Waals surface area contributed by atoms with Crippen LogP contribution in [0, 0.1) is 5.92 Å². The van der Waals surface area contributed by atoms with Gasteiger partial charge in [0.2, 0.25) is 0 Å². The molecular formula is C29H36O4. The van der Waals surface area contributed by atoms with E-state index in [4.69, 9.17) is 4.74 Å². The molecule has 4 nitrogen and oxygen atoms in total. The highest BCUT2D eigenvalue weighted by atomic mass is 16.5. The van der Waals surface area contributed by atoms with E-state index >= 15 is 0 Å². The summed E-state index contributed by atoms with van der Waals surface area (Å²) >= 11 is 0. The maximum absolute atomic E-state index is 13.0. The first-order chi connectivity index (χ1) is 15.8. The summed E-state index contributed by atoms with van der Waals surface area (Å²) in [6.07, 6.45) is 6.36. The Kier molecular flexibility index (Phi) is 8.23. The van der Waals surface area contributed by atoms with Gasteiger partial charge in [-0.05, 0) is 48.3 Å². The molecule has 1 aliphatic rings. The normalized spacial score (nSPS) is 13.9. The summed E-state index contributed by atoms with van der Waals surface area (Å²) in [5.74, 6) is 0.112. The number of carbonyl (C=O) groups is 3. The van der Waals surface area contributed by atoms with Crippen molar-refractivity contribution >= 4 is 17.5 Å². The van der Waals surface area contributed by atoms with E-state index in [2.05, 4.69) is 27.7 Å². The number of esters is 1. The van der Waals surface area contributed by atoms with Gasteiger partial charge in [-0.1, -0.05) is 77.3 Å². The van der Waals surface area contributed by atoms with Gasteiger partial charge in [0.1, 0.15) is 0 Å². The van der Waals surface area contributed by atoms with E-state index in [1.807, 2.05) is 12.1 Å². The highest BCUT2D eigenvalue weighted by molar-refractivity contribution is 6.28. The minimum atomic E-state index is -0.233. The second-order valence-electron chi connectivity index (χ2n) is 9.80. The van der Waals surface area contributed by atoms with Crippen molar-refractivity contribution in [2.75, 3.05) is 6.61 Å². The number of benzene rings is 2. The molecule has 0 radical (unpaired) electrons. The van der Waals surface area contributed by atoms with Crippen LogP contribution in [0.15, 0.2) is 42.5 Å². The van der Waals surface area contributed by atoms with E-state index in [0.717, 1.165) is 31.2 Å². The highest BCUT2D eigenvalue weighted by Gasteiger charge is 2.31. The quantitative estimate of drug-likeness (QED) is 0.307. The molecule has 0 spiro atoms. The van der Waals surface area contributed by atoms with Gasteiger partial charge in [-0.15, -0.1) is 0 Å². The van der Waals surface area contributed by atoms with Crippen molar-refractivity contribution in [1.29, 1.82) is 0 Å². The molecule has 176 valence electrons. The first-order valence-corrected chi connectivity index (χ1v) is 12.3. The first-order valence-electron chi connectivity index (χ1n) is 12.3. The number of unbranched alkanes of at least 4 members (excludes halogenated alkanes) is 1. The molecule has 1 atom stereocenters. The predicted octanol–water partition coefficient (Wildman–Crippen LogP) is 6.67. The van der Waals surface area contributed by atoms with Gasteiger partial charge in [0.15, 0.2) is 11.6 Å². The average molecular weight is 449 g/mol. The zero-order valence-corrected chi connectivity index (χ0v) is 20.4. The molecule has 0 amide bonds. The first kappa shape index (κ1) is 24.9. The monoisotopic (exact) mass is 448 g/mol. The van der Waals surface area contributed by atoms with E-state index in [-0.39, 0.29) is 23.0 Å². The topological polar surface area (TPSA) is 60.4 Å². The maximum atomic E-state index is 13.0. The van der Waals surface area contributed by atoms with Crippen molar-refractivity contribution in [3.63, 3.8) is 0 Å². The molecule has 2 aromatic carbocycles. The van der Waals surface area contributed by atoms with Crippen molar-refractivity contribution in [1.82, 2.24) is 0 Å². The van der Waals surface area contributed by atoms with Crippen molar-refractivity contribution in [2.45, 2.75) is 78.1 Å². The third-order valence-corrected chi connectivity index (χ3v) is 6.91. The van der Waals surface area contributed by atoms with Crippen LogP contribution < -0.4 is 0 Å². The van der Waals surface area contributed by atoms with Crippen LogP contribution in [-0.4, -0.2) is 24.1 Å². The summed E-state index contributed by atoms with van der Waals surface area (Å²) in [6.45, 7) is 9.06. The Morgan fingerprint density at radius 1 is 0.909 bits per heavy atom. The molecule has 0 aliphatic heterocycles. The molecule has 4 heteroatoms. The number of carbonyl (C=O) groups excluding carboxylic acids is 3. The van der Waals surface area contributed by atoms with Crippen molar-refractivity contribution in [2.24, 2.45) is 5.92 Å². The van der Waals surface area contributed by atoms with Crippen LogP contribution in [0.2, 0.25) is 0 Å². The summed E-state index contributed by atoms with van der Waals surface area (Å²) < 4.78 is 5.53. The number of ketones is 2. The molecule has 1 unspecified atom stereocenters.